The predicted molar refractivity (Wildman–Crippen MR) is 114 cm³/mol. The topological polar surface area (TPSA) is 73.0 Å². The predicted octanol–water partition coefficient (Wildman–Crippen LogP) is 1.23. The Labute approximate surface area is 175 Å². The van der Waals surface area contributed by atoms with Gasteiger partial charge in [-0.1, -0.05) is 18.2 Å². The molecule has 1 aromatic rings. The molecule has 7 nitrogen and oxygen atoms in total. The average Bonchev–Trinajstić information content (AvgIpc) is 2.73. The SMILES string of the molecule is CN1CCN(CCCNC(=O)CC2CCN(S(=O)(=O)c3ccccc3)CC2)CC1. The minimum atomic E-state index is -3.42. The number of sulfonamides is 1. The summed E-state index contributed by atoms with van der Waals surface area (Å²) in [7, 11) is -1.27. The first-order valence-electron chi connectivity index (χ1n) is 10.7. The molecule has 0 radical (unpaired) electrons. The van der Waals surface area contributed by atoms with Gasteiger partial charge in [-0.2, -0.15) is 4.31 Å². The van der Waals surface area contributed by atoms with Crippen molar-refractivity contribution in [1.82, 2.24) is 19.4 Å². The number of hydrogen-bond acceptors (Lipinski definition) is 5. The fourth-order valence-corrected chi connectivity index (χ4v) is 5.52. The van der Waals surface area contributed by atoms with Gasteiger partial charge in [0, 0.05) is 52.2 Å². The standard InChI is InChI=1S/C21H34N4O3S/c1-23-14-16-24(17-15-23)11-5-10-22-21(26)18-19-8-12-25(13-9-19)29(27,28)20-6-3-2-4-7-20/h2-4,6-7,19H,5,8-18H2,1H3,(H,22,26). The molecule has 29 heavy (non-hydrogen) atoms. The van der Waals surface area contributed by atoms with Crippen molar-refractivity contribution in [3.05, 3.63) is 30.3 Å². The number of nitrogens with zero attached hydrogens (tertiary/aromatic N) is 3. The zero-order chi connectivity index (χ0) is 20.7. The normalized spacial score (nSPS) is 20.6. The minimum absolute atomic E-state index is 0.0905. The summed E-state index contributed by atoms with van der Waals surface area (Å²) in [4.78, 5) is 17.4. The van der Waals surface area contributed by atoms with Crippen LogP contribution in [0.25, 0.3) is 0 Å². The molecule has 2 saturated heterocycles. The van der Waals surface area contributed by atoms with Crippen LogP contribution in [0.1, 0.15) is 25.7 Å². The molecular weight excluding hydrogens is 388 g/mol. The van der Waals surface area contributed by atoms with E-state index < -0.39 is 10.0 Å². The van der Waals surface area contributed by atoms with Gasteiger partial charge < -0.3 is 15.1 Å². The second-order valence-electron chi connectivity index (χ2n) is 8.21. The van der Waals surface area contributed by atoms with Gasteiger partial charge in [0.15, 0.2) is 0 Å². The van der Waals surface area contributed by atoms with Crippen molar-refractivity contribution in [3.63, 3.8) is 0 Å². The van der Waals surface area contributed by atoms with Gasteiger partial charge in [-0.05, 0) is 50.9 Å². The first kappa shape index (κ1) is 22.2. The Morgan fingerprint density at radius 3 is 2.34 bits per heavy atom. The maximum atomic E-state index is 12.7. The highest BCUT2D eigenvalue weighted by molar-refractivity contribution is 7.89. The fraction of sp³-hybridized carbons (Fsp3) is 0.667. The van der Waals surface area contributed by atoms with Crippen LogP contribution < -0.4 is 5.32 Å². The van der Waals surface area contributed by atoms with Gasteiger partial charge in [0.2, 0.25) is 15.9 Å². The molecule has 2 aliphatic rings. The second kappa shape index (κ2) is 10.5. The number of piperazine rings is 1. The van der Waals surface area contributed by atoms with Crippen LogP contribution in [0.15, 0.2) is 35.2 Å². The van der Waals surface area contributed by atoms with Crippen LogP contribution >= 0.6 is 0 Å². The van der Waals surface area contributed by atoms with Crippen LogP contribution in [-0.4, -0.2) is 87.8 Å². The Kier molecular flexibility index (Phi) is 8.06. The lowest BCUT2D eigenvalue weighted by molar-refractivity contribution is -0.122. The molecule has 2 heterocycles. The van der Waals surface area contributed by atoms with E-state index in [1.807, 2.05) is 6.07 Å². The highest BCUT2D eigenvalue weighted by Crippen LogP contribution is 2.25. The van der Waals surface area contributed by atoms with E-state index in [4.69, 9.17) is 0 Å². The molecule has 162 valence electrons. The molecule has 0 unspecified atom stereocenters. The summed E-state index contributed by atoms with van der Waals surface area (Å²) in [5, 5.41) is 3.04. The summed E-state index contributed by atoms with van der Waals surface area (Å²) in [6, 6.07) is 8.57. The van der Waals surface area contributed by atoms with Crippen LogP contribution in [-0.2, 0) is 14.8 Å². The first-order valence-corrected chi connectivity index (χ1v) is 12.1. The van der Waals surface area contributed by atoms with Gasteiger partial charge in [0.25, 0.3) is 0 Å². The molecule has 3 rings (SSSR count). The minimum Gasteiger partial charge on any atom is -0.356 e. The van der Waals surface area contributed by atoms with Gasteiger partial charge in [-0.25, -0.2) is 8.42 Å². The van der Waals surface area contributed by atoms with Gasteiger partial charge in [-0.15, -0.1) is 0 Å². The van der Waals surface area contributed by atoms with Crippen molar-refractivity contribution in [2.45, 2.75) is 30.6 Å². The zero-order valence-electron chi connectivity index (χ0n) is 17.4. The number of rotatable bonds is 8. The molecule has 0 saturated carbocycles. The van der Waals surface area contributed by atoms with Crippen molar-refractivity contribution in [2.24, 2.45) is 5.92 Å². The zero-order valence-corrected chi connectivity index (χ0v) is 18.2. The van der Waals surface area contributed by atoms with Gasteiger partial charge in [0.1, 0.15) is 0 Å². The molecule has 2 aliphatic heterocycles. The highest BCUT2D eigenvalue weighted by atomic mass is 32.2. The van der Waals surface area contributed by atoms with E-state index in [0.29, 0.717) is 31.0 Å². The molecule has 0 atom stereocenters. The van der Waals surface area contributed by atoms with Crippen molar-refractivity contribution < 1.29 is 13.2 Å². The molecular formula is C21H34N4O3S. The van der Waals surface area contributed by atoms with Crippen LogP contribution in [0, 0.1) is 5.92 Å². The maximum absolute atomic E-state index is 12.7. The number of nitrogens with one attached hydrogen (secondary N) is 1. The number of likely N-dealkylation sites (N-methyl/N-ethyl adjacent to an activating group) is 1. The summed E-state index contributed by atoms with van der Waals surface area (Å²) in [6.45, 7) is 7.16. The Morgan fingerprint density at radius 1 is 1.03 bits per heavy atom. The molecule has 0 bridgehead atoms. The van der Waals surface area contributed by atoms with Gasteiger partial charge in [-0.3, -0.25) is 4.79 Å². The smallest absolute Gasteiger partial charge is 0.243 e. The molecule has 1 aromatic carbocycles. The van der Waals surface area contributed by atoms with Crippen molar-refractivity contribution >= 4 is 15.9 Å². The quantitative estimate of drug-likeness (QED) is 0.638. The first-order chi connectivity index (χ1) is 13.9. The van der Waals surface area contributed by atoms with Gasteiger partial charge >= 0.3 is 0 Å². The van der Waals surface area contributed by atoms with Crippen molar-refractivity contribution in [1.29, 1.82) is 0 Å². The molecule has 8 heteroatoms. The second-order valence-corrected chi connectivity index (χ2v) is 10.2. The van der Waals surface area contributed by atoms with Crippen LogP contribution in [0.2, 0.25) is 0 Å². The van der Waals surface area contributed by atoms with E-state index in [0.717, 1.165) is 52.0 Å². The van der Waals surface area contributed by atoms with E-state index in [1.165, 1.54) is 0 Å². The van der Waals surface area contributed by atoms with Crippen LogP contribution in [0.5, 0.6) is 0 Å². The van der Waals surface area contributed by atoms with E-state index in [1.54, 1.807) is 28.6 Å². The van der Waals surface area contributed by atoms with E-state index in [9.17, 15) is 13.2 Å². The van der Waals surface area contributed by atoms with Gasteiger partial charge in [0.05, 0.1) is 4.90 Å². The Hall–Kier alpha value is -1.48. The Balaban J connectivity index is 1.32. The Morgan fingerprint density at radius 2 is 1.69 bits per heavy atom. The molecule has 2 fully saturated rings. The van der Waals surface area contributed by atoms with Crippen molar-refractivity contribution in [2.75, 3.05) is 59.4 Å². The van der Waals surface area contributed by atoms with E-state index >= 15 is 0 Å². The Bertz CT molecular complexity index is 740. The molecule has 0 spiro atoms. The maximum Gasteiger partial charge on any atom is 0.243 e. The lowest BCUT2D eigenvalue weighted by Crippen LogP contribution is -2.45. The third-order valence-corrected chi connectivity index (χ3v) is 7.91. The highest BCUT2D eigenvalue weighted by Gasteiger charge is 2.30. The lowest BCUT2D eigenvalue weighted by atomic mass is 9.94. The summed E-state index contributed by atoms with van der Waals surface area (Å²) < 4.78 is 26.9. The monoisotopic (exact) mass is 422 g/mol. The van der Waals surface area contributed by atoms with E-state index in [-0.39, 0.29) is 11.8 Å². The molecule has 0 aromatic heterocycles. The fourth-order valence-electron chi connectivity index (χ4n) is 4.03. The number of carbonyl (C=O) groups excluding carboxylic acids is 1. The van der Waals surface area contributed by atoms with Crippen LogP contribution in [0.4, 0.5) is 0 Å². The summed E-state index contributed by atoms with van der Waals surface area (Å²) in [5.74, 6) is 0.350. The van der Waals surface area contributed by atoms with Crippen LogP contribution in [0.3, 0.4) is 0 Å². The summed E-state index contributed by atoms with van der Waals surface area (Å²) in [5.41, 5.74) is 0. The number of hydrogen-bond donors (Lipinski definition) is 1. The third-order valence-electron chi connectivity index (χ3n) is 6.00. The average molecular weight is 423 g/mol. The van der Waals surface area contributed by atoms with Crippen molar-refractivity contribution in [3.8, 4) is 0 Å². The summed E-state index contributed by atoms with van der Waals surface area (Å²) in [6.07, 6.45) is 2.94. The van der Waals surface area contributed by atoms with E-state index in [2.05, 4.69) is 22.2 Å². The number of benzene rings is 1. The summed E-state index contributed by atoms with van der Waals surface area (Å²) >= 11 is 0. The number of carbonyl (C=O) groups is 1. The molecule has 0 aliphatic carbocycles. The molecule has 1 N–H and O–H groups in total. The third kappa shape index (κ3) is 6.50. The number of amides is 1. The number of piperidine rings is 1. The lowest BCUT2D eigenvalue weighted by Gasteiger charge is -2.32. The molecule has 1 amide bonds. The largest absolute Gasteiger partial charge is 0.356 e.